The second-order valence-corrected chi connectivity index (χ2v) is 4.73. The average Bonchev–Trinajstić information content (AvgIpc) is 2.74. The summed E-state index contributed by atoms with van der Waals surface area (Å²) in [5.41, 5.74) is -0.290. The summed E-state index contributed by atoms with van der Waals surface area (Å²) in [4.78, 5) is 26.6. The van der Waals surface area contributed by atoms with Gasteiger partial charge in [0.15, 0.2) is 0 Å². The van der Waals surface area contributed by atoms with Gasteiger partial charge in [-0.05, 0) is 24.6 Å². The number of nitrogens with zero attached hydrogens (tertiary/aromatic N) is 2. The summed E-state index contributed by atoms with van der Waals surface area (Å²) in [6.45, 7) is 1.39. The largest absolute Gasteiger partial charge is 0.453 e. The zero-order valence-corrected chi connectivity index (χ0v) is 11.6. The van der Waals surface area contributed by atoms with Crippen LogP contribution in [0.4, 0.5) is 13.6 Å². The summed E-state index contributed by atoms with van der Waals surface area (Å²) in [5.74, 6) is -1.99. The van der Waals surface area contributed by atoms with Crippen LogP contribution in [0.2, 0.25) is 0 Å². The van der Waals surface area contributed by atoms with E-state index in [4.69, 9.17) is 0 Å². The predicted octanol–water partition coefficient (Wildman–Crippen LogP) is 1.88. The molecule has 0 bridgehead atoms. The van der Waals surface area contributed by atoms with Crippen LogP contribution in [0, 0.1) is 11.6 Å². The minimum absolute atomic E-state index is 0.254. The molecule has 1 saturated heterocycles. The van der Waals surface area contributed by atoms with E-state index < -0.39 is 23.6 Å². The molecule has 1 fully saturated rings. The number of rotatable bonds is 1. The molecule has 5 nitrogen and oxygen atoms in total. The Bertz CT molecular complexity index is 551. The average molecular weight is 298 g/mol. The Balaban J connectivity index is 2.10. The molecule has 7 heteroatoms. The molecule has 0 N–H and O–H groups in total. The van der Waals surface area contributed by atoms with Gasteiger partial charge in [-0.1, -0.05) is 0 Å². The lowest BCUT2D eigenvalue weighted by Crippen LogP contribution is -2.37. The molecule has 0 radical (unpaired) electrons. The number of hydrogen-bond acceptors (Lipinski definition) is 3. The van der Waals surface area contributed by atoms with Crippen LogP contribution in [-0.4, -0.2) is 55.1 Å². The number of methoxy groups -OCH3 is 1. The van der Waals surface area contributed by atoms with Gasteiger partial charge in [-0.2, -0.15) is 0 Å². The molecule has 1 aliphatic heterocycles. The van der Waals surface area contributed by atoms with Crippen molar-refractivity contribution in [2.75, 3.05) is 33.3 Å². The first-order chi connectivity index (χ1) is 10.0. The molecular formula is C14H16F2N2O3. The van der Waals surface area contributed by atoms with Crippen molar-refractivity contribution in [1.29, 1.82) is 0 Å². The Hall–Kier alpha value is -2.18. The molecule has 1 aromatic carbocycles. The quantitative estimate of drug-likeness (QED) is 0.795. The first-order valence-electron chi connectivity index (χ1n) is 6.60. The first kappa shape index (κ1) is 15.2. The highest BCUT2D eigenvalue weighted by molar-refractivity contribution is 5.94. The molecule has 0 unspecified atom stereocenters. The van der Waals surface area contributed by atoms with E-state index >= 15 is 0 Å². The van der Waals surface area contributed by atoms with Crippen molar-refractivity contribution < 1.29 is 23.1 Å². The van der Waals surface area contributed by atoms with Gasteiger partial charge < -0.3 is 14.5 Å². The van der Waals surface area contributed by atoms with Gasteiger partial charge in [-0.15, -0.1) is 0 Å². The number of halogens is 2. The van der Waals surface area contributed by atoms with Gasteiger partial charge in [0.25, 0.3) is 5.91 Å². The Morgan fingerprint density at radius 1 is 1.10 bits per heavy atom. The summed E-state index contributed by atoms with van der Waals surface area (Å²) in [7, 11) is 1.29. The topological polar surface area (TPSA) is 49.9 Å². The number of carbonyl (C=O) groups excluding carboxylic acids is 2. The van der Waals surface area contributed by atoms with E-state index in [1.165, 1.54) is 16.9 Å². The van der Waals surface area contributed by atoms with Crippen molar-refractivity contribution in [3.63, 3.8) is 0 Å². The van der Waals surface area contributed by atoms with Crippen molar-refractivity contribution in [2.24, 2.45) is 0 Å². The molecule has 114 valence electrons. The molecule has 1 aromatic rings. The van der Waals surface area contributed by atoms with Crippen LogP contribution < -0.4 is 0 Å². The second kappa shape index (κ2) is 6.51. The van der Waals surface area contributed by atoms with Gasteiger partial charge in [0.2, 0.25) is 0 Å². The molecule has 1 aliphatic rings. The number of ether oxygens (including phenoxy) is 1. The molecule has 0 saturated carbocycles. The van der Waals surface area contributed by atoms with E-state index in [1.807, 2.05) is 0 Å². The highest BCUT2D eigenvalue weighted by Crippen LogP contribution is 2.14. The monoisotopic (exact) mass is 298 g/mol. The minimum atomic E-state index is -0.754. The van der Waals surface area contributed by atoms with E-state index in [0.717, 1.165) is 18.2 Å². The smallest absolute Gasteiger partial charge is 0.409 e. The van der Waals surface area contributed by atoms with Crippen molar-refractivity contribution in [1.82, 2.24) is 9.80 Å². The minimum Gasteiger partial charge on any atom is -0.453 e. The van der Waals surface area contributed by atoms with Crippen LogP contribution in [0.1, 0.15) is 16.8 Å². The Morgan fingerprint density at radius 2 is 1.76 bits per heavy atom. The molecule has 0 aromatic heterocycles. The lowest BCUT2D eigenvalue weighted by molar-refractivity contribution is 0.0752. The van der Waals surface area contributed by atoms with Crippen molar-refractivity contribution in [2.45, 2.75) is 6.42 Å². The maximum atomic E-state index is 13.6. The van der Waals surface area contributed by atoms with Crippen molar-refractivity contribution in [3.8, 4) is 0 Å². The maximum Gasteiger partial charge on any atom is 0.409 e. The van der Waals surface area contributed by atoms with Gasteiger partial charge in [-0.25, -0.2) is 13.6 Å². The van der Waals surface area contributed by atoms with Crippen molar-refractivity contribution >= 4 is 12.0 Å². The molecule has 21 heavy (non-hydrogen) atoms. The van der Waals surface area contributed by atoms with Crippen LogP contribution in [0.3, 0.4) is 0 Å². The van der Waals surface area contributed by atoms with Crippen molar-refractivity contribution in [3.05, 3.63) is 35.4 Å². The van der Waals surface area contributed by atoms with Crippen LogP contribution in [0.5, 0.6) is 0 Å². The third-order valence-electron chi connectivity index (χ3n) is 3.37. The highest BCUT2D eigenvalue weighted by Gasteiger charge is 2.24. The lowest BCUT2D eigenvalue weighted by Gasteiger charge is -2.21. The molecule has 0 aliphatic carbocycles. The summed E-state index contributed by atoms with van der Waals surface area (Å²) < 4.78 is 31.4. The summed E-state index contributed by atoms with van der Waals surface area (Å²) in [6.07, 6.45) is 0.0962. The van der Waals surface area contributed by atoms with Gasteiger partial charge in [0.1, 0.15) is 11.6 Å². The fourth-order valence-electron chi connectivity index (χ4n) is 2.26. The molecule has 0 atom stereocenters. The normalized spacial score (nSPS) is 15.6. The maximum absolute atomic E-state index is 13.6. The standard InChI is InChI=1S/C14H16F2N2O3/c1-21-14(20)18-6-2-5-17(7-8-18)13(19)11-9-10(15)3-4-12(11)16/h3-4,9H,2,5-8H2,1H3. The van der Waals surface area contributed by atoms with Crippen LogP contribution in [0.25, 0.3) is 0 Å². The number of carbonyl (C=O) groups is 2. The summed E-state index contributed by atoms with van der Waals surface area (Å²) >= 11 is 0. The highest BCUT2D eigenvalue weighted by atomic mass is 19.1. The Kier molecular flexibility index (Phi) is 4.72. The van der Waals surface area contributed by atoms with E-state index in [9.17, 15) is 18.4 Å². The fraction of sp³-hybridized carbons (Fsp3) is 0.429. The van der Waals surface area contributed by atoms with E-state index in [1.54, 1.807) is 0 Å². The zero-order chi connectivity index (χ0) is 15.4. The van der Waals surface area contributed by atoms with E-state index in [2.05, 4.69) is 4.74 Å². The summed E-state index contributed by atoms with van der Waals surface area (Å²) in [6, 6.07) is 2.79. The molecule has 1 heterocycles. The molecule has 2 rings (SSSR count). The van der Waals surface area contributed by atoms with Crippen LogP contribution >= 0.6 is 0 Å². The van der Waals surface area contributed by atoms with Gasteiger partial charge in [-0.3, -0.25) is 4.79 Å². The number of benzene rings is 1. The second-order valence-electron chi connectivity index (χ2n) is 4.73. The van der Waals surface area contributed by atoms with Gasteiger partial charge in [0, 0.05) is 26.2 Å². The first-order valence-corrected chi connectivity index (χ1v) is 6.60. The zero-order valence-electron chi connectivity index (χ0n) is 11.6. The van der Waals surface area contributed by atoms with E-state index in [-0.39, 0.29) is 12.1 Å². The fourth-order valence-corrected chi connectivity index (χ4v) is 2.26. The Labute approximate surface area is 121 Å². The molecule has 2 amide bonds. The third-order valence-corrected chi connectivity index (χ3v) is 3.37. The third kappa shape index (κ3) is 3.48. The van der Waals surface area contributed by atoms with E-state index in [0.29, 0.717) is 26.1 Å². The van der Waals surface area contributed by atoms with Gasteiger partial charge in [0.05, 0.1) is 12.7 Å². The van der Waals surface area contributed by atoms with Gasteiger partial charge >= 0.3 is 6.09 Å². The lowest BCUT2D eigenvalue weighted by atomic mass is 10.1. The SMILES string of the molecule is COC(=O)N1CCCN(C(=O)c2cc(F)ccc2F)CC1. The van der Waals surface area contributed by atoms with Crippen LogP contribution in [0.15, 0.2) is 18.2 Å². The Morgan fingerprint density at radius 3 is 2.48 bits per heavy atom. The number of hydrogen-bond donors (Lipinski definition) is 0. The van der Waals surface area contributed by atoms with Crippen LogP contribution in [-0.2, 0) is 4.74 Å². The number of amides is 2. The predicted molar refractivity (Wildman–Crippen MR) is 70.9 cm³/mol. The molecular weight excluding hydrogens is 282 g/mol. The molecule has 0 spiro atoms. The summed E-state index contributed by atoms with van der Waals surface area (Å²) in [5, 5.41) is 0.